The molecule has 0 aliphatic heterocycles. The zero-order chi connectivity index (χ0) is 8.43. The van der Waals surface area contributed by atoms with Crippen LogP contribution in [0.3, 0.4) is 0 Å². The van der Waals surface area contributed by atoms with Gasteiger partial charge in [-0.1, -0.05) is 23.2 Å². The van der Waals surface area contributed by atoms with E-state index < -0.39 is 0 Å². The summed E-state index contributed by atoms with van der Waals surface area (Å²) in [5.41, 5.74) is 0.220. The van der Waals surface area contributed by atoms with Crippen LogP contribution in [-0.4, -0.2) is 11.4 Å². The number of phenolic OH excluding ortho intramolecular Hbond substituents is 1. The Labute approximate surface area is 73.4 Å². The van der Waals surface area contributed by atoms with Gasteiger partial charge in [-0.3, -0.25) is 4.79 Å². The average Bonchev–Trinajstić information content (AvgIpc) is 1.99. The molecule has 0 unspecified atom stereocenters. The third kappa shape index (κ3) is 1.64. The molecule has 4 heteroatoms. The Balaban J connectivity index is 3.31. The van der Waals surface area contributed by atoms with Crippen LogP contribution in [-0.2, 0) is 4.79 Å². The van der Waals surface area contributed by atoms with Crippen LogP contribution >= 0.6 is 23.2 Å². The minimum absolute atomic E-state index is 0.0517. The molecule has 1 rings (SSSR count). The number of benzene rings is 1. The summed E-state index contributed by atoms with van der Waals surface area (Å²) in [6, 6.07) is 2.57. The van der Waals surface area contributed by atoms with Crippen LogP contribution in [0.2, 0.25) is 10.0 Å². The van der Waals surface area contributed by atoms with Gasteiger partial charge in [-0.25, -0.2) is 0 Å². The van der Waals surface area contributed by atoms with Crippen molar-refractivity contribution in [2.45, 2.75) is 0 Å². The molecule has 1 N–H and O–H groups in total. The maximum absolute atomic E-state index is 10.1. The van der Waals surface area contributed by atoms with E-state index in [0.29, 0.717) is 0 Å². The van der Waals surface area contributed by atoms with Crippen LogP contribution in [0.1, 0.15) is 5.56 Å². The highest BCUT2D eigenvalue weighted by atomic mass is 35.5. The summed E-state index contributed by atoms with van der Waals surface area (Å²) in [6.07, 6.45) is 1.61. The molecule has 0 spiro atoms. The number of halogens is 2. The van der Waals surface area contributed by atoms with Gasteiger partial charge in [0.05, 0.1) is 10.0 Å². The molecule has 0 aliphatic rings. The zero-order valence-corrected chi connectivity index (χ0v) is 6.78. The van der Waals surface area contributed by atoms with Crippen LogP contribution < -0.4 is 0 Å². The van der Waals surface area contributed by atoms with Gasteiger partial charge in [0.25, 0.3) is 0 Å². The largest absolute Gasteiger partial charge is 0.505 e. The van der Waals surface area contributed by atoms with Gasteiger partial charge in [-0.05, 0) is 12.1 Å². The number of carbonyl (C=O) groups excluding carboxylic acids is 1. The van der Waals surface area contributed by atoms with Gasteiger partial charge in [-0.15, -0.1) is 0 Å². The second-order valence-corrected chi connectivity index (χ2v) is 2.70. The van der Waals surface area contributed by atoms with Crippen LogP contribution in [0.4, 0.5) is 0 Å². The number of rotatable bonds is 1. The minimum atomic E-state index is -0.215. The molecule has 0 bridgehead atoms. The van der Waals surface area contributed by atoms with E-state index in [1.807, 2.05) is 0 Å². The molecule has 0 atom stereocenters. The molecule has 0 aromatic heterocycles. The predicted molar refractivity (Wildman–Crippen MR) is 42.9 cm³/mol. The molecule has 2 nitrogen and oxygen atoms in total. The Morgan fingerprint density at radius 2 is 1.73 bits per heavy atom. The summed E-state index contributed by atoms with van der Waals surface area (Å²) in [5, 5.41) is 9.14. The monoisotopic (exact) mass is 189 g/mol. The lowest BCUT2D eigenvalue weighted by molar-refractivity contribution is 0.476. The van der Waals surface area contributed by atoms with E-state index in [-0.39, 0.29) is 21.4 Å². The van der Waals surface area contributed by atoms with Gasteiger partial charge in [0.1, 0.15) is 0 Å². The van der Waals surface area contributed by atoms with E-state index in [1.165, 1.54) is 12.1 Å². The average molecular weight is 190 g/mol. The molecule has 0 amide bonds. The summed E-state index contributed by atoms with van der Waals surface area (Å²) in [5.74, 6) is -0.215. The summed E-state index contributed by atoms with van der Waals surface area (Å²) >= 11 is 11.0. The highest BCUT2D eigenvalue weighted by Gasteiger charge is 2.05. The summed E-state index contributed by atoms with van der Waals surface area (Å²) in [7, 11) is 0. The van der Waals surface area contributed by atoms with E-state index in [1.54, 1.807) is 6.29 Å². The standard InChI is InChI=1S/C7H3Cl2O2/c8-5-1-4(3-10)2-6(9)7(5)11/h1-2,11H. The van der Waals surface area contributed by atoms with Gasteiger partial charge in [-0.2, -0.15) is 0 Å². The number of aromatic hydroxyl groups is 1. The molecule has 0 saturated heterocycles. The molecule has 1 aromatic rings. The molecular weight excluding hydrogens is 187 g/mol. The predicted octanol–water partition coefficient (Wildman–Crippen LogP) is 2.16. The van der Waals surface area contributed by atoms with Crippen molar-refractivity contribution in [3.8, 4) is 5.75 Å². The fourth-order valence-electron chi connectivity index (χ4n) is 0.624. The van der Waals surface area contributed by atoms with Crippen LogP contribution in [0.15, 0.2) is 12.1 Å². The van der Waals surface area contributed by atoms with Crippen LogP contribution in [0.25, 0.3) is 0 Å². The van der Waals surface area contributed by atoms with E-state index in [0.717, 1.165) is 0 Å². The zero-order valence-electron chi connectivity index (χ0n) is 5.27. The van der Waals surface area contributed by atoms with Gasteiger partial charge in [0, 0.05) is 5.56 Å². The molecule has 11 heavy (non-hydrogen) atoms. The Morgan fingerprint density at radius 3 is 2.09 bits per heavy atom. The van der Waals surface area contributed by atoms with Crippen molar-refractivity contribution < 1.29 is 9.90 Å². The van der Waals surface area contributed by atoms with Gasteiger partial charge in [0.2, 0.25) is 6.29 Å². The topological polar surface area (TPSA) is 37.3 Å². The Kier molecular flexibility index (Phi) is 2.37. The van der Waals surface area contributed by atoms with E-state index in [2.05, 4.69) is 0 Å². The van der Waals surface area contributed by atoms with Crippen molar-refractivity contribution in [2.24, 2.45) is 0 Å². The van der Waals surface area contributed by atoms with Crippen molar-refractivity contribution in [2.75, 3.05) is 0 Å². The van der Waals surface area contributed by atoms with E-state index in [9.17, 15) is 4.79 Å². The van der Waals surface area contributed by atoms with Crippen molar-refractivity contribution >= 4 is 29.5 Å². The maximum atomic E-state index is 10.1. The second kappa shape index (κ2) is 3.11. The van der Waals surface area contributed by atoms with Gasteiger partial charge < -0.3 is 5.11 Å². The maximum Gasteiger partial charge on any atom is 0.233 e. The summed E-state index contributed by atoms with van der Waals surface area (Å²) in [6.45, 7) is 0. The Morgan fingerprint density at radius 1 is 1.27 bits per heavy atom. The Bertz CT molecular complexity index is 273. The number of hydrogen-bond donors (Lipinski definition) is 1. The first-order valence-electron chi connectivity index (χ1n) is 2.71. The van der Waals surface area contributed by atoms with E-state index >= 15 is 0 Å². The molecule has 57 valence electrons. The first kappa shape index (κ1) is 8.37. The van der Waals surface area contributed by atoms with Crippen LogP contribution in [0, 0.1) is 0 Å². The normalized spacial score (nSPS) is 9.64. The van der Waals surface area contributed by atoms with Crippen molar-refractivity contribution in [1.29, 1.82) is 0 Å². The molecule has 0 saturated carbocycles. The first-order valence-corrected chi connectivity index (χ1v) is 3.47. The van der Waals surface area contributed by atoms with Crippen LogP contribution in [0.5, 0.6) is 5.75 Å². The SMILES string of the molecule is O=[C]c1cc(Cl)c(O)c(Cl)c1. The molecule has 1 aromatic carbocycles. The first-order chi connectivity index (χ1) is 5.15. The third-order valence-corrected chi connectivity index (χ3v) is 1.71. The smallest absolute Gasteiger partial charge is 0.233 e. The molecule has 0 fully saturated rings. The molecule has 1 radical (unpaired) electrons. The molecule has 0 heterocycles. The fraction of sp³-hybridized carbons (Fsp3) is 0. The second-order valence-electron chi connectivity index (χ2n) is 1.89. The summed E-state index contributed by atoms with van der Waals surface area (Å²) in [4.78, 5) is 10.1. The lowest BCUT2D eigenvalue weighted by atomic mass is 10.2. The van der Waals surface area contributed by atoms with Gasteiger partial charge in [0.15, 0.2) is 5.75 Å². The minimum Gasteiger partial charge on any atom is -0.505 e. The molecular formula is C7H3Cl2O2. The number of hydrogen-bond acceptors (Lipinski definition) is 2. The quantitative estimate of drug-likeness (QED) is 0.736. The lowest BCUT2D eigenvalue weighted by Gasteiger charge is -1.98. The van der Waals surface area contributed by atoms with Gasteiger partial charge >= 0.3 is 0 Å². The summed E-state index contributed by atoms with van der Waals surface area (Å²) < 4.78 is 0. The van der Waals surface area contributed by atoms with Crippen molar-refractivity contribution in [3.63, 3.8) is 0 Å². The fourth-order valence-corrected chi connectivity index (χ4v) is 1.11. The molecule has 0 aliphatic carbocycles. The highest BCUT2D eigenvalue weighted by molar-refractivity contribution is 6.37. The lowest BCUT2D eigenvalue weighted by Crippen LogP contribution is -1.80. The highest BCUT2D eigenvalue weighted by Crippen LogP contribution is 2.31. The Hall–Kier alpha value is -0.730. The van der Waals surface area contributed by atoms with Crippen molar-refractivity contribution in [3.05, 3.63) is 27.7 Å². The third-order valence-electron chi connectivity index (χ3n) is 1.13. The number of phenols is 1. The van der Waals surface area contributed by atoms with Crippen molar-refractivity contribution in [1.82, 2.24) is 0 Å². The van der Waals surface area contributed by atoms with E-state index in [4.69, 9.17) is 28.3 Å².